The lowest BCUT2D eigenvalue weighted by Crippen LogP contribution is -2.16. The summed E-state index contributed by atoms with van der Waals surface area (Å²) in [6.45, 7) is 8.95. The van der Waals surface area contributed by atoms with Gasteiger partial charge in [-0.25, -0.2) is 4.98 Å². The molecule has 0 amide bonds. The van der Waals surface area contributed by atoms with Gasteiger partial charge in [-0.2, -0.15) is 0 Å². The van der Waals surface area contributed by atoms with Gasteiger partial charge in [0.05, 0.1) is 0 Å². The van der Waals surface area contributed by atoms with E-state index in [0.29, 0.717) is 5.89 Å². The average molecular weight is 407 g/mol. The fourth-order valence-electron chi connectivity index (χ4n) is 4.57. The van der Waals surface area contributed by atoms with E-state index in [2.05, 4.69) is 80.5 Å². The van der Waals surface area contributed by atoms with Gasteiger partial charge in [-0.05, 0) is 78.6 Å². The molecule has 3 nitrogen and oxygen atoms in total. The lowest BCUT2D eigenvalue weighted by molar-refractivity contribution is 0.620. The van der Waals surface area contributed by atoms with Crippen molar-refractivity contribution >= 4 is 22.4 Å². The first kappa shape index (κ1) is 19.4. The van der Waals surface area contributed by atoms with E-state index in [0.717, 1.165) is 28.0 Å². The minimum absolute atomic E-state index is 0.000433. The number of hydrogen-bond acceptors (Lipinski definition) is 3. The van der Waals surface area contributed by atoms with Crippen molar-refractivity contribution in [3.8, 4) is 11.5 Å². The number of oxazole rings is 1. The summed E-state index contributed by atoms with van der Waals surface area (Å²) < 4.78 is 5.88. The van der Waals surface area contributed by atoms with Gasteiger partial charge in [0.25, 0.3) is 0 Å². The molecule has 0 saturated heterocycles. The lowest BCUT2D eigenvalue weighted by Gasteiger charge is -2.23. The molecule has 0 unspecified atom stereocenters. The van der Waals surface area contributed by atoms with E-state index in [4.69, 9.17) is 4.42 Å². The molecule has 31 heavy (non-hydrogen) atoms. The van der Waals surface area contributed by atoms with Crippen LogP contribution in [0.5, 0.6) is 0 Å². The van der Waals surface area contributed by atoms with E-state index in [-0.39, 0.29) is 5.41 Å². The molecule has 1 aliphatic rings. The summed E-state index contributed by atoms with van der Waals surface area (Å²) in [4.78, 5) is 4.58. The molecule has 0 bridgehead atoms. The zero-order valence-electron chi connectivity index (χ0n) is 18.4. The SMILES string of the molecule is CC1=C(/C=C(\C)Nc2ccc(-c3nc4ccccc4o3)cc2)C(C)(C)c2ccccc21. The molecule has 1 aromatic heterocycles. The van der Waals surface area contributed by atoms with E-state index in [1.54, 1.807) is 0 Å². The summed E-state index contributed by atoms with van der Waals surface area (Å²) in [6.07, 6.45) is 2.28. The highest BCUT2D eigenvalue weighted by molar-refractivity contribution is 5.81. The van der Waals surface area contributed by atoms with Crippen LogP contribution < -0.4 is 5.32 Å². The van der Waals surface area contributed by atoms with Crippen molar-refractivity contribution in [3.05, 3.63) is 101 Å². The maximum atomic E-state index is 5.88. The van der Waals surface area contributed by atoms with Crippen LogP contribution in [-0.2, 0) is 5.41 Å². The number of anilines is 1. The summed E-state index contributed by atoms with van der Waals surface area (Å²) in [5.41, 5.74) is 10.3. The molecule has 1 aliphatic carbocycles. The third-order valence-electron chi connectivity index (χ3n) is 6.21. The number of para-hydroxylation sites is 2. The van der Waals surface area contributed by atoms with E-state index in [9.17, 15) is 0 Å². The first-order chi connectivity index (χ1) is 14.9. The average Bonchev–Trinajstić information content (AvgIpc) is 3.28. The van der Waals surface area contributed by atoms with Gasteiger partial charge in [0, 0.05) is 22.4 Å². The van der Waals surface area contributed by atoms with Gasteiger partial charge in [0.1, 0.15) is 5.52 Å². The Balaban J connectivity index is 1.38. The highest BCUT2D eigenvalue weighted by Crippen LogP contribution is 2.46. The number of rotatable bonds is 4. The Morgan fingerprint density at radius 1 is 0.935 bits per heavy atom. The minimum Gasteiger partial charge on any atom is -0.436 e. The molecule has 0 radical (unpaired) electrons. The molecule has 0 fully saturated rings. The molecule has 0 aliphatic heterocycles. The van der Waals surface area contributed by atoms with Crippen LogP contribution in [0.25, 0.3) is 28.1 Å². The number of benzene rings is 3. The summed E-state index contributed by atoms with van der Waals surface area (Å²) in [6, 6.07) is 24.8. The van der Waals surface area contributed by atoms with Gasteiger partial charge in [-0.15, -0.1) is 0 Å². The van der Waals surface area contributed by atoms with Crippen molar-refractivity contribution in [2.75, 3.05) is 5.32 Å². The molecule has 3 aromatic carbocycles. The normalized spacial score (nSPS) is 15.4. The maximum absolute atomic E-state index is 5.88. The molecule has 5 rings (SSSR count). The second-order valence-electron chi connectivity index (χ2n) is 8.73. The summed E-state index contributed by atoms with van der Waals surface area (Å²) in [5.74, 6) is 0.645. The van der Waals surface area contributed by atoms with Gasteiger partial charge in [0.2, 0.25) is 5.89 Å². The van der Waals surface area contributed by atoms with Crippen molar-refractivity contribution in [3.63, 3.8) is 0 Å². The topological polar surface area (TPSA) is 38.1 Å². The van der Waals surface area contributed by atoms with Crippen LogP contribution in [0.2, 0.25) is 0 Å². The third kappa shape index (κ3) is 3.36. The lowest BCUT2D eigenvalue weighted by atomic mass is 9.81. The minimum atomic E-state index is 0.000433. The number of nitrogens with one attached hydrogen (secondary N) is 1. The van der Waals surface area contributed by atoms with E-state index >= 15 is 0 Å². The van der Waals surface area contributed by atoms with Crippen LogP contribution in [0.15, 0.2) is 94.6 Å². The van der Waals surface area contributed by atoms with Crippen molar-refractivity contribution < 1.29 is 4.42 Å². The molecule has 0 saturated carbocycles. The van der Waals surface area contributed by atoms with E-state index in [1.165, 1.54) is 22.3 Å². The summed E-state index contributed by atoms with van der Waals surface area (Å²) >= 11 is 0. The smallest absolute Gasteiger partial charge is 0.227 e. The predicted molar refractivity (Wildman–Crippen MR) is 129 cm³/mol. The molecular formula is C28H26N2O. The van der Waals surface area contributed by atoms with Crippen molar-refractivity contribution in [1.82, 2.24) is 4.98 Å². The number of hydrogen-bond donors (Lipinski definition) is 1. The van der Waals surface area contributed by atoms with E-state index < -0.39 is 0 Å². The second-order valence-corrected chi connectivity index (χ2v) is 8.73. The highest BCUT2D eigenvalue weighted by atomic mass is 16.3. The molecule has 3 heteroatoms. The molecular weight excluding hydrogens is 380 g/mol. The predicted octanol–water partition coefficient (Wildman–Crippen LogP) is 7.58. The zero-order chi connectivity index (χ0) is 21.6. The Labute approximate surface area is 183 Å². The first-order valence-corrected chi connectivity index (χ1v) is 10.7. The number of allylic oxidation sites excluding steroid dienone is 4. The van der Waals surface area contributed by atoms with Gasteiger partial charge >= 0.3 is 0 Å². The van der Waals surface area contributed by atoms with Crippen LogP contribution in [0.3, 0.4) is 0 Å². The van der Waals surface area contributed by atoms with Crippen molar-refractivity contribution in [2.45, 2.75) is 33.1 Å². The van der Waals surface area contributed by atoms with Crippen LogP contribution in [-0.4, -0.2) is 4.98 Å². The largest absolute Gasteiger partial charge is 0.436 e. The molecule has 1 N–H and O–H groups in total. The standard InChI is InChI=1S/C28H26N2O/c1-18(17-24-19(2)22-9-5-6-10-23(22)28(24,3)4)29-21-15-13-20(14-16-21)27-30-25-11-7-8-12-26(25)31-27/h5-17,29H,1-4H3/b18-17+. The Bertz CT molecular complexity index is 1300. The fourth-order valence-corrected chi connectivity index (χ4v) is 4.57. The van der Waals surface area contributed by atoms with Crippen LogP contribution in [0.4, 0.5) is 5.69 Å². The quantitative estimate of drug-likeness (QED) is 0.380. The van der Waals surface area contributed by atoms with Gasteiger partial charge < -0.3 is 9.73 Å². The third-order valence-corrected chi connectivity index (χ3v) is 6.21. The van der Waals surface area contributed by atoms with Crippen molar-refractivity contribution in [1.29, 1.82) is 0 Å². The van der Waals surface area contributed by atoms with Gasteiger partial charge in [-0.3, -0.25) is 0 Å². The maximum Gasteiger partial charge on any atom is 0.227 e. The molecule has 0 atom stereocenters. The van der Waals surface area contributed by atoms with Crippen LogP contribution >= 0.6 is 0 Å². The fraction of sp³-hybridized carbons (Fsp3) is 0.179. The Morgan fingerprint density at radius 2 is 1.65 bits per heavy atom. The molecule has 154 valence electrons. The second kappa shape index (κ2) is 7.28. The Morgan fingerprint density at radius 3 is 2.39 bits per heavy atom. The summed E-state index contributed by atoms with van der Waals surface area (Å²) in [7, 11) is 0. The number of nitrogens with zero attached hydrogens (tertiary/aromatic N) is 1. The number of aromatic nitrogens is 1. The Kier molecular flexibility index (Phi) is 4.55. The zero-order valence-corrected chi connectivity index (χ0v) is 18.4. The molecule has 1 heterocycles. The molecule has 0 spiro atoms. The monoisotopic (exact) mass is 406 g/mol. The van der Waals surface area contributed by atoms with Crippen LogP contribution in [0, 0.1) is 0 Å². The van der Waals surface area contributed by atoms with Gasteiger partial charge in [-0.1, -0.05) is 50.2 Å². The molecule has 4 aromatic rings. The summed E-state index contributed by atoms with van der Waals surface area (Å²) in [5, 5.41) is 3.54. The Hall–Kier alpha value is -3.59. The van der Waals surface area contributed by atoms with E-state index in [1.807, 2.05) is 36.4 Å². The first-order valence-electron chi connectivity index (χ1n) is 10.7. The highest BCUT2D eigenvalue weighted by Gasteiger charge is 2.34. The number of fused-ring (bicyclic) bond motifs is 2. The van der Waals surface area contributed by atoms with Gasteiger partial charge in [0.15, 0.2) is 5.58 Å². The van der Waals surface area contributed by atoms with Crippen LogP contribution in [0.1, 0.15) is 38.8 Å². The van der Waals surface area contributed by atoms with Crippen molar-refractivity contribution in [2.24, 2.45) is 0 Å².